The first kappa shape index (κ1) is 17.7. The summed E-state index contributed by atoms with van der Waals surface area (Å²) in [4.78, 5) is 12.2. The highest BCUT2D eigenvalue weighted by Crippen LogP contribution is 2.40. The van der Waals surface area contributed by atoms with E-state index in [2.05, 4.69) is 27.7 Å². The fourth-order valence-electron chi connectivity index (χ4n) is 3.57. The van der Waals surface area contributed by atoms with Crippen LogP contribution in [0, 0.1) is 17.3 Å². The molecule has 0 aromatic rings. The Labute approximate surface area is 126 Å². The van der Waals surface area contributed by atoms with Crippen molar-refractivity contribution in [2.24, 2.45) is 17.3 Å². The van der Waals surface area contributed by atoms with Gasteiger partial charge < -0.3 is 0 Å². The van der Waals surface area contributed by atoms with Crippen molar-refractivity contribution in [3.8, 4) is 0 Å². The van der Waals surface area contributed by atoms with Gasteiger partial charge in [0.2, 0.25) is 0 Å². The maximum Gasteiger partial charge on any atom is 0.135 e. The molecule has 1 aliphatic rings. The number of hydrogen-bond acceptors (Lipinski definition) is 1. The number of unbranched alkanes of at least 4 members (excludes halogenated alkanes) is 5. The average Bonchev–Trinajstić information content (AvgIpc) is 2.41. The number of ketones is 1. The van der Waals surface area contributed by atoms with Crippen LogP contribution in [0.3, 0.4) is 0 Å². The average molecular weight is 280 g/mol. The van der Waals surface area contributed by atoms with Crippen molar-refractivity contribution >= 4 is 5.78 Å². The van der Waals surface area contributed by atoms with Gasteiger partial charge in [0.25, 0.3) is 0 Å². The Balaban J connectivity index is 2.13. The van der Waals surface area contributed by atoms with E-state index in [1.54, 1.807) is 0 Å². The van der Waals surface area contributed by atoms with E-state index >= 15 is 0 Å². The van der Waals surface area contributed by atoms with Gasteiger partial charge in [0.15, 0.2) is 0 Å². The van der Waals surface area contributed by atoms with Crippen molar-refractivity contribution in [1.82, 2.24) is 0 Å². The lowest BCUT2D eigenvalue weighted by Gasteiger charge is -2.36. The molecule has 1 fully saturated rings. The Morgan fingerprint density at radius 3 is 2.00 bits per heavy atom. The van der Waals surface area contributed by atoms with Crippen LogP contribution in [0.1, 0.15) is 98.3 Å². The van der Waals surface area contributed by atoms with E-state index in [9.17, 15) is 4.79 Å². The van der Waals surface area contributed by atoms with Crippen LogP contribution in [0.2, 0.25) is 0 Å². The molecule has 0 atom stereocenters. The lowest BCUT2D eigenvalue weighted by Crippen LogP contribution is -2.28. The third-order valence-corrected chi connectivity index (χ3v) is 5.18. The molecule has 0 saturated heterocycles. The van der Waals surface area contributed by atoms with Crippen LogP contribution >= 0.6 is 0 Å². The monoisotopic (exact) mass is 280 g/mol. The summed E-state index contributed by atoms with van der Waals surface area (Å²) >= 11 is 0. The van der Waals surface area contributed by atoms with E-state index in [0.717, 1.165) is 31.6 Å². The van der Waals surface area contributed by atoms with Crippen LogP contribution in [0.5, 0.6) is 0 Å². The van der Waals surface area contributed by atoms with Gasteiger partial charge in [0, 0.05) is 12.3 Å². The second kappa shape index (κ2) is 8.85. The van der Waals surface area contributed by atoms with Crippen molar-refractivity contribution in [3.05, 3.63) is 0 Å². The van der Waals surface area contributed by atoms with Crippen molar-refractivity contribution < 1.29 is 4.79 Å². The summed E-state index contributed by atoms with van der Waals surface area (Å²) in [6.07, 6.45) is 13.4. The van der Waals surface area contributed by atoms with Gasteiger partial charge in [-0.1, -0.05) is 59.8 Å². The molecule has 1 heteroatoms. The Morgan fingerprint density at radius 2 is 1.45 bits per heavy atom. The topological polar surface area (TPSA) is 17.1 Å². The number of carbonyl (C=O) groups excluding carboxylic acids is 1. The molecule has 0 heterocycles. The van der Waals surface area contributed by atoms with Crippen LogP contribution in [-0.4, -0.2) is 5.78 Å². The van der Waals surface area contributed by atoms with Gasteiger partial charge in [0.1, 0.15) is 5.78 Å². The predicted octanol–water partition coefficient (Wildman–Crippen LogP) is 6.16. The van der Waals surface area contributed by atoms with Gasteiger partial charge in [-0.2, -0.15) is 0 Å². The molecular weight excluding hydrogens is 244 g/mol. The maximum absolute atomic E-state index is 12.2. The Kier molecular flexibility index (Phi) is 7.84. The minimum absolute atomic E-state index is 0.393. The Bertz CT molecular complexity index is 266. The standard InChI is InChI=1S/C19H36O/c1-5-6-7-8-9-10-11-18(20)16-12-14-17(15-13-16)19(2,3)4/h16-17H,5-15H2,1-4H3. The predicted molar refractivity (Wildman–Crippen MR) is 87.9 cm³/mol. The third kappa shape index (κ3) is 6.41. The van der Waals surface area contributed by atoms with Gasteiger partial charge in [-0.05, 0) is 43.4 Å². The summed E-state index contributed by atoms with van der Waals surface area (Å²) < 4.78 is 0. The van der Waals surface area contributed by atoms with E-state index in [1.807, 2.05) is 0 Å². The fourth-order valence-corrected chi connectivity index (χ4v) is 3.57. The van der Waals surface area contributed by atoms with E-state index < -0.39 is 0 Å². The third-order valence-electron chi connectivity index (χ3n) is 5.18. The smallest absolute Gasteiger partial charge is 0.135 e. The normalized spacial score (nSPS) is 23.8. The molecule has 1 saturated carbocycles. The number of Topliss-reactive ketones (excluding diaryl/α,β-unsaturated/α-hetero) is 1. The van der Waals surface area contributed by atoms with Crippen molar-refractivity contribution in [1.29, 1.82) is 0 Å². The van der Waals surface area contributed by atoms with Gasteiger partial charge in [0.05, 0.1) is 0 Å². The molecule has 0 amide bonds. The molecule has 118 valence electrons. The first-order valence-electron chi connectivity index (χ1n) is 8.98. The van der Waals surface area contributed by atoms with Crippen LogP contribution < -0.4 is 0 Å². The fraction of sp³-hybridized carbons (Fsp3) is 0.947. The number of rotatable bonds is 8. The zero-order valence-electron chi connectivity index (χ0n) is 14.3. The molecule has 1 rings (SSSR count). The molecule has 0 unspecified atom stereocenters. The maximum atomic E-state index is 12.2. The first-order chi connectivity index (χ1) is 9.45. The van der Waals surface area contributed by atoms with Crippen molar-refractivity contribution in [3.63, 3.8) is 0 Å². The quantitative estimate of drug-likeness (QED) is 0.487. The molecule has 0 spiro atoms. The second-order valence-electron chi connectivity index (χ2n) is 7.90. The number of carbonyl (C=O) groups is 1. The molecule has 0 aromatic heterocycles. The molecule has 0 aliphatic heterocycles. The molecule has 0 radical (unpaired) electrons. The molecular formula is C19H36O. The lowest BCUT2D eigenvalue weighted by atomic mass is 9.69. The van der Waals surface area contributed by atoms with Crippen LogP contribution in [-0.2, 0) is 4.79 Å². The molecule has 0 bridgehead atoms. The Morgan fingerprint density at radius 1 is 0.900 bits per heavy atom. The highest BCUT2D eigenvalue weighted by molar-refractivity contribution is 5.81. The lowest BCUT2D eigenvalue weighted by molar-refractivity contribution is -0.124. The van der Waals surface area contributed by atoms with E-state index in [-0.39, 0.29) is 0 Å². The molecule has 1 aliphatic carbocycles. The first-order valence-corrected chi connectivity index (χ1v) is 8.98. The van der Waals surface area contributed by atoms with E-state index in [4.69, 9.17) is 0 Å². The van der Waals surface area contributed by atoms with Crippen molar-refractivity contribution in [2.75, 3.05) is 0 Å². The highest BCUT2D eigenvalue weighted by atomic mass is 16.1. The summed E-state index contributed by atoms with van der Waals surface area (Å²) in [6, 6.07) is 0. The van der Waals surface area contributed by atoms with Crippen LogP contribution in [0.15, 0.2) is 0 Å². The van der Waals surface area contributed by atoms with Gasteiger partial charge in [-0.25, -0.2) is 0 Å². The van der Waals surface area contributed by atoms with Gasteiger partial charge in [-0.3, -0.25) is 4.79 Å². The van der Waals surface area contributed by atoms with E-state index in [1.165, 1.54) is 44.9 Å². The SMILES string of the molecule is CCCCCCCCC(=O)C1CCC(C(C)(C)C)CC1. The van der Waals surface area contributed by atoms with Crippen LogP contribution in [0.25, 0.3) is 0 Å². The number of hydrogen-bond donors (Lipinski definition) is 0. The molecule has 0 aromatic carbocycles. The summed E-state index contributed by atoms with van der Waals surface area (Å²) in [5.74, 6) is 1.78. The summed E-state index contributed by atoms with van der Waals surface area (Å²) in [5.41, 5.74) is 0.424. The molecule has 0 N–H and O–H groups in total. The second-order valence-corrected chi connectivity index (χ2v) is 7.90. The molecule has 20 heavy (non-hydrogen) atoms. The summed E-state index contributed by atoms with van der Waals surface area (Å²) in [6.45, 7) is 9.28. The van der Waals surface area contributed by atoms with E-state index in [0.29, 0.717) is 17.1 Å². The zero-order valence-corrected chi connectivity index (χ0v) is 14.3. The minimum Gasteiger partial charge on any atom is -0.299 e. The van der Waals surface area contributed by atoms with Gasteiger partial charge in [-0.15, -0.1) is 0 Å². The minimum atomic E-state index is 0.393. The summed E-state index contributed by atoms with van der Waals surface area (Å²) in [7, 11) is 0. The van der Waals surface area contributed by atoms with Crippen molar-refractivity contribution in [2.45, 2.75) is 98.3 Å². The Hall–Kier alpha value is -0.330. The molecule has 1 nitrogen and oxygen atoms in total. The highest BCUT2D eigenvalue weighted by Gasteiger charge is 2.31. The summed E-state index contributed by atoms with van der Waals surface area (Å²) in [5, 5.41) is 0. The largest absolute Gasteiger partial charge is 0.299 e. The van der Waals surface area contributed by atoms with Crippen LogP contribution in [0.4, 0.5) is 0 Å². The van der Waals surface area contributed by atoms with Gasteiger partial charge >= 0.3 is 0 Å². The zero-order chi connectivity index (χ0) is 15.0.